The van der Waals surface area contributed by atoms with Gasteiger partial charge >= 0.3 is 5.97 Å². The third kappa shape index (κ3) is 2.57. The molecule has 0 fully saturated rings. The van der Waals surface area contributed by atoms with Crippen LogP contribution in [0.2, 0.25) is 0 Å². The van der Waals surface area contributed by atoms with Gasteiger partial charge in [-0.25, -0.2) is 0 Å². The van der Waals surface area contributed by atoms with Crippen molar-refractivity contribution in [2.45, 2.75) is 27.3 Å². The molecule has 0 aliphatic heterocycles. The molecule has 0 aliphatic rings. The van der Waals surface area contributed by atoms with Crippen molar-refractivity contribution < 1.29 is 14.6 Å². The molecule has 19 heavy (non-hydrogen) atoms. The number of rotatable bonds is 5. The average molecular weight is 261 g/mol. The van der Waals surface area contributed by atoms with Crippen LogP contribution in [0.25, 0.3) is 10.9 Å². The minimum absolute atomic E-state index is 0.432. The highest BCUT2D eigenvalue weighted by Crippen LogP contribution is 2.29. The van der Waals surface area contributed by atoms with Crippen molar-refractivity contribution in [3.05, 3.63) is 30.5 Å². The molecule has 1 aromatic carbocycles. The molecule has 0 bridgehead atoms. The number of nitrogens with zero attached hydrogens (tertiary/aromatic N) is 1. The van der Waals surface area contributed by atoms with Gasteiger partial charge in [0.15, 0.2) is 0 Å². The van der Waals surface area contributed by atoms with Crippen molar-refractivity contribution in [2.75, 3.05) is 6.61 Å². The summed E-state index contributed by atoms with van der Waals surface area (Å²) in [6.07, 6.45) is 1.91. The SMILES string of the molecule is CCOc1cccc2c1ccn2CC(C)(C)C(=O)O. The van der Waals surface area contributed by atoms with E-state index in [9.17, 15) is 9.90 Å². The highest BCUT2D eigenvalue weighted by molar-refractivity contribution is 5.86. The maximum absolute atomic E-state index is 11.2. The predicted octanol–water partition coefficient (Wildman–Crippen LogP) is 3.15. The molecule has 0 saturated heterocycles. The van der Waals surface area contributed by atoms with Crippen LogP contribution >= 0.6 is 0 Å². The first-order chi connectivity index (χ1) is 8.95. The van der Waals surface area contributed by atoms with E-state index in [1.165, 1.54) is 0 Å². The maximum atomic E-state index is 11.2. The van der Waals surface area contributed by atoms with Gasteiger partial charge in [-0.3, -0.25) is 4.79 Å². The topological polar surface area (TPSA) is 51.5 Å². The van der Waals surface area contributed by atoms with Crippen LogP contribution in [0.1, 0.15) is 20.8 Å². The Morgan fingerprint density at radius 3 is 2.74 bits per heavy atom. The van der Waals surface area contributed by atoms with Crippen LogP contribution in [0.3, 0.4) is 0 Å². The van der Waals surface area contributed by atoms with Gasteiger partial charge in [-0.15, -0.1) is 0 Å². The van der Waals surface area contributed by atoms with Gasteiger partial charge in [-0.05, 0) is 39.0 Å². The summed E-state index contributed by atoms with van der Waals surface area (Å²) in [5.41, 5.74) is 0.202. The Morgan fingerprint density at radius 2 is 2.11 bits per heavy atom. The third-order valence-corrected chi connectivity index (χ3v) is 3.22. The van der Waals surface area contributed by atoms with Gasteiger partial charge in [-0.2, -0.15) is 0 Å². The second-order valence-corrected chi connectivity index (χ2v) is 5.25. The van der Waals surface area contributed by atoms with Crippen LogP contribution < -0.4 is 4.74 Å². The largest absolute Gasteiger partial charge is 0.493 e. The molecular formula is C15H19NO3. The molecule has 0 atom stereocenters. The molecule has 1 aromatic heterocycles. The van der Waals surface area contributed by atoms with E-state index in [1.807, 2.05) is 42.0 Å². The number of carboxylic acids is 1. The van der Waals surface area contributed by atoms with E-state index in [4.69, 9.17) is 4.74 Å². The monoisotopic (exact) mass is 261 g/mol. The Bertz CT molecular complexity index is 598. The van der Waals surface area contributed by atoms with E-state index in [2.05, 4.69) is 0 Å². The van der Waals surface area contributed by atoms with Crippen LogP contribution in [-0.4, -0.2) is 22.2 Å². The molecule has 4 heteroatoms. The zero-order valence-electron chi connectivity index (χ0n) is 11.5. The Kier molecular flexibility index (Phi) is 3.51. The summed E-state index contributed by atoms with van der Waals surface area (Å²) >= 11 is 0. The maximum Gasteiger partial charge on any atom is 0.310 e. The predicted molar refractivity (Wildman–Crippen MR) is 74.5 cm³/mol. The van der Waals surface area contributed by atoms with Crippen molar-refractivity contribution in [1.82, 2.24) is 4.57 Å². The van der Waals surface area contributed by atoms with E-state index in [0.29, 0.717) is 13.2 Å². The van der Waals surface area contributed by atoms with Gasteiger partial charge in [-0.1, -0.05) is 6.07 Å². The van der Waals surface area contributed by atoms with E-state index in [-0.39, 0.29) is 0 Å². The minimum Gasteiger partial charge on any atom is -0.493 e. The summed E-state index contributed by atoms with van der Waals surface area (Å²) in [5, 5.41) is 10.2. The van der Waals surface area contributed by atoms with Crippen LogP contribution in [0.5, 0.6) is 5.75 Å². The lowest BCUT2D eigenvalue weighted by Crippen LogP contribution is -2.28. The Balaban J connectivity index is 2.41. The summed E-state index contributed by atoms with van der Waals surface area (Å²) in [7, 11) is 0. The number of hydrogen-bond acceptors (Lipinski definition) is 2. The van der Waals surface area contributed by atoms with Crippen molar-refractivity contribution in [1.29, 1.82) is 0 Å². The Labute approximate surface area is 112 Å². The summed E-state index contributed by atoms with van der Waals surface area (Å²) in [5.74, 6) is 0.0437. The van der Waals surface area contributed by atoms with Crippen LogP contribution in [0.15, 0.2) is 30.5 Å². The molecule has 4 nitrogen and oxygen atoms in total. The minimum atomic E-state index is -0.798. The molecule has 1 heterocycles. The van der Waals surface area contributed by atoms with Crippen molar-refractivity contribution in [2.24, 2.45) is 5.41 Å². The Hall–Kier alpha value is -1.97. The van der Waals surface area contributed by atoms with Crippen molar-refractivity contribution >= 4 is 16.9 Å². The van der Waals surface area contributed by atoms with Crippen LogP contribution in [0, 0.1) is 5.41 Å². The molecule has 0 radical (unpaired) electrons. The van der Waals surface area contributed by atoms with E-state index in [0.717, 1.165) is 16.7 Å². The number of fused-ring (bicyclic) bond motifs is 1. The molecule has 0 saturated carbocycles. The molecule has 102 valence electrons. The fourth-order valence-electron chi connectivity index (χ4n) is 2.11. The van der Waals surface area contributed by atoms with Crippen molar-refractivity contribution in [3.8, 4) is 5.75 Å². The van der Waals surface area contributed by atoms with Crippen LogP contribution in [-0.2, 0) is 11.3 Å². The second kappa shape index (κ2) is 4.96. The molecule has 0 spiro atoms. The van der Waals surface area contributed by atoms with E-state index in [1.54, 1.807) is 13.8 Å². The first-order valence-corrected chi connectivity index (χ1v) is 6.40. The molecule has 0 unspecified atom stereocenters. The second-order valence-electron chi connectivity index (χ2n) is 5.25. The first kappa shape index (κ1) is 13.5. The molecule has 0 amide bonds. The molecule has 2 aromatic rings. The number of aromatic nitrogens is 1. The number of carbonyl (C=O) groups is 1. The number of ether oxygens (including phenoxy) is 1. The zero-order chi connectivity index (χ0) is 14.0. The first-order valence-electron chi connectivity index (χ1n) is 6.40. The quantitative estimate of drug-likeness (QED) is 0.899. The zero-order valence-corrected chi connectivity index (χ0v) is 11.5. The molecular weight excluding hydrogens is 242 g/mol. The summed E-state index contributed by atoms with van der Waals surface area (Å²) in [6, 6.07) is 7.81. The lowest BCUT2D eigenvalue weighted by atomic mass is 9.94. The van der Waals surface area contributed by atoms with E-state index >= 15 is 0 Å². The number of carboxylic acid groups (broad SMARTS) is 1. The standard InChI is InChI=1S/C15H19NO3/c1-4-19-13-7-5-6-12-11(13)8-9-16(12)10-15(2,3)14(17)18/h5-9H,4,10H2,1-3H3,(H,17,18). The van der Waals surface area contributed by atoms with Gasteiger partial charge < -0.3 is 14.4 Å². The number of aliphatic carboxylic acids is 1. The third-order valence-electron chi connectivity index (χ3n) is 3.22. The van der Waals surface area contributed by atoms with Gasteiger partial charge in [0.05, 0.1) is 17.5 Å². The fraction of sp³-hybridized carbons (Fsp3) is 0.400. The highest BCUT2D eigenvalue weighted by Gasteiger charge is 2.28. The molecule has 0 aliphatic carbocycles. The normalized spacial score (nSPS) is 11.7. The van der Waals surface area contributed by atoms with Gasteiger partial charge in [0.25, 0.3) is 0 Å². The van der Waals surface area contributed by atoms with Crippen molar-refractivity contribution in [3.63, 3.8) is 0 Å². The summed E-state index contributed by atoms with van der Waals surface area (Å²) in [6.45, 7) is 6.46. The van der Waals surface area contributed by atoms with Gasteiger partial charge in [0, 0.05) is 18.1 Å². The molecule has 1 N–H and O–H groups in total. The van der Waals surface area contributed by atoms with Crippen LogP contribution in [0.4, 0.5) is 0 Å². The van der Waals surface area contributed by atoms with Gasteiger partial charge in [0.2, 0.25) is 0 Å². The summed E-state index contributed by atoms with van der Waals surface area (Å²) < 4.78 is 7.54. The lowest BCUT2D eigenvalue weighted by Gasteiger charge is -2.20. The molecule has 2 rings (SSSR count). The summed E-state index contributed by atoms with van der Waals surface area (Å²) in [4.78, 5) is 11.2. The lowest BCUT2D eigenvalue weighted by molar-refractivity contribution is -0.147. The fourth-order valence-corrected chi connectivity index (χ4v) is 2.11. The smallest absolute Gasteiger partial charge is 0.310 e. The average Bonchev–Trinajstić information content (AvgIpc) is 2.73. The van der Waals surface area contributed by atoms with Gasteiger partial charge in [0.1, 0.15) is 5.75 Å². The Morgan fingerprint density at radius 1 is 1.37 bits per heavy atom. The van der Waals surface area contributed by atoms with E-state index < -0.39 is 11.4 Å². The number of benzene rings is 1. The number of hydrogen-bond donors (Lipinski definition) is 1. The highest BCUT2D eigenvalue weighted by atomic mass is 16.5.